The Morgan fingerprint density at radius 2 is 2.04 bits per heavy atom. The molecule has 0 aliphatic carbocycles. The Labute approximate surface area is 146 Å². The zero-order valence-electron chi connectivity index (χ0n) is 13.5. The molecule has 1 aliphatic rings. The molecule has 128 valence electrons. The molecule has 1 heterocycles. The summed E-state index contributed by atoms with van der Waals surface area (Å²) in [5, 5.41) is 0. The summed E-state index contributed by atoms with van der Waals surface area (Å²) >= 11 is 3.51. The van der Waals surface area contributed by atoms with Gasteiger partial charge in [-0.1, -0.05) is 34.1 Å². The number of nitrogens with zero attached hydrogens (tertiary/aromatic N) is 2. The lowest BCUT2D eigenvalue weighted by atomic mass is 10.2. The molecule has 0 spiro atoms. The average molecular weight is 403 g/mol. The maximum absolute atomic E-state index is 12.5. The van der Waals surface area contributed by atoms with Crippen LogP contribution in [0.25, 0.3) is 0 Å². The fourth-order valence-electron chi connectivity index (χ4n) is 2.95. The van der Waals surface area contributed by atoms with E-state index in [-0.39, 0.29) is 30.0 Å². The molecule has 0 saturated carbocycles. The first-order chi connectivity index (χ1) is 10.8. The van der Waals surface area contributed by atoms with Crippen molar-refractivity contribution in [1.82, 2.24) is 9.80 Å². The second-order valence-electron chi connectivity index (χ2n) is 6.00. The highest BCUT2D eigenvalue weighted by molar-refractivity contribution is 9.10. The molecular formula is C16H23BrN2O3S. The molecule has 5 nitrogen and oxygen atoms in total. The van der Waals surface area contributed by atoms with Crippen LogP contribution in [0.4, 0.5) is 0 Å². The second-order valence-corrected chi connectivity index (χ2v) is 9.08. The zero-order valence-corrected chi connectivity index (χ0v) is 15.9. The third-order valence-electron chi connectivity index (χ3n) is 4.11. The minimum Gasteiger partial charge on any atom is -0.338 e. The van der Waals surface area contributed by atoms with Gasteiger partial charge < -0.3 is 4.90 Å². The van der Waals surface area contributed by atoms with Gasteiger partial charge in [-0.3, -0.25) is 9.69 Å². The number of amides is 1. The van der Waals surface area contributed by atoms with Crippen molar-refractivity contribution >= 4 is 31.7 Å². The van der Waals surface area contributed by atoms with Crippen LogP contribution in [0.3, 0.4) is 0 Å². The molecule has 1 aromatic carbocycles. The lowest BCUT2D eigenvalue weighted by Crippen LogP contribution is -2.45. The minimum absolute atomic E-state index is 0.0100. The van der Waals surface area contributed by atoms with Crippen molar-refractivity contribution in [2.45, 2.75) is 25.9 Å². The summed E-state index contributed by atoms with van der Waals surface area (Å²) in [6.07, 6.45) is 0.551. The highest BCUT2D eigenvalue weighted by Crippen LogP contribution is 2.19. The molecule has 2 rings (SSSR count). The monoisotopic (exact) mass is 402 g/mol. The summed E-state index contributed by atoms with van der Waals surface area (Å²) in [6.45, 7) is 3.39. The van der Waals surface area contributed by atoms with Crippen LogP contribution in [0, 0.1) is 0 Å². The van der Waals surface area contributed by atoms with Gasteiger partial charge in [0.1, 0.15) is 0 Å². The van der Waals surface area contributed by atoms with Crippen LogP contribution in [-0.4, -0.2) is 61.8 Å². The van der Waals surface area contributed by atoms with Crippen LogP contribution in [-0.2, 0) is 21.2 Å². The van der Waals surface area contributed by atoms with Crippen LogP contribution >= 0.6 is 15.9 Å². The van der Waals surface area contributed by atoms with Crippen LogP contribution in [0.2, 0.25) is 0 Å². The number of hydrogen-bond acceptors (Lipinski definition) is 4. The molecule has 23 heavy (non-hydrogen) atoms. The molecular weight excluding hydrogens is 380 g/mol. The van der Waals surface area contributed by atoms with E-state index >= 15 is 0 Å². The standard InChI is InChI=1S/C16H23BrN2O3S/c1-3-19(14-8-9-23(21,22)12-14)16(20)11-18(2)10-13-6-4-5-7-15(13)17/h4-7,14H,3,8-12H2,1-2H3/t14-/m0/s1. The van der Waals surface area contributed by atoms with Crippen LogP contribution < -0.4 is 0 Å². The Morgan fingerprint density at radius 3 is 2.61 bits per heavy atom. The zero-order chi connectivity index (χ0) is 17.0. The van der Waals surface area contributed by atoms with E-state index in [1.165, 1.54) is 0 Å². The molecule has 0 unspecified atom stereocenters. The lowest BCUT2D eigenvalue weighted by molar-refractivity contribution is -0.133. The van der Waals surface area contributed by atoms with E-state index in [0.717, 1.165) is 10.0 Å². The predicted molar refractivity (Wildman–Crippen MR) is 94.9 cm³/mol. The van der Waals surface area contributed by atoms with Gasteiger partial charge >= 0.3 is 0 Å². The van der Waals surface area contributed by atoms with Gasteiger partial charge in [0.25, 0.3) is 0 Å². The van der Waals surface area contributed by atoms with Gasteiger partial charge in [-0.25, -0.2) is 8.42 Å². The number of carbonyl (C=O) groups excluding carboxylic acids is 1. The second kappa shape index (κ2) is 7.77. The normalized spacial score (nSPS) is 19.9. The largest absolute Gasteiger partial charge is 0.338 e. The first-order valence-corrected chi connectivity index (χ1v) is 10.4. The van der Waals surface area contributed by atoms with Gasteiger partial charge in [0.2, 0.25) is 5.91 Å². The van der Waals surface area contributed by atoms with Crippen molar-refractivity contribution in [2.24, 2.45) is 0 Å². The van der Waals surface area contributed by atoms with Crippen molar-refractivity contribution in [3.8, 4) is 0 Å². The Balaban J connectivity index is 1.95. The van der Waals surface area contributed by atoms with E-state index < -0.39 is 9.84 Å². The SMILES string of the molecule is CCN(C(=O)CN(C)Cc1ccccc1Br)[C@H]1CCS(=O)(=O)C1. The van der Waals surface area contributed by atoms with Gasteiger partial charge in [-0.15, -0.1) is 0 Å². The summed E-state index contributed by atoms with van der Waals surface area (Å²) in [7, 11) is -1.08. The molecule has 0 N–H and O–H groups in total. The lowest BCUT2D eigenvalue weighted by Gasteiger charge is -2.29. The molecule has 1 aromatic rings. The van der Waals surface area contributed by atoms with Gasteiger partial charge in [0.15, 0.2) is 9.84 Å². The Bertz CT molecular complexity index is 663. The number of hydrogen-bond donors (Lipinski definition) is 0. The summed E-state index contributed by atoms with van der Waals surface area (Å²) in [5.41, 5.74) is 1.12. The molecule has 7 heteroatoms. The first-order valence-electron chi connectivity index (χ1n) is 7.74. The maximum Gasteiger partial charge on any atom is 0.237 e. The highest BCUT2D eigenvalue weighted by Gasteiger charge is 2.33. The third kappa shape index (κ3) is 5.02. The van der Waals surface area contributed by atoms with Gasteiger partial charge in [0, 0.05) is 23.6 Å². The van der Waals surface area contributed by atoms with E-state index in [2.05, 4.69) is 15.9 Å². The number of carbonyl (C=O) groups is 1. The number of likely N-dealkylation sites (N-methyl/N-ethyl adjacent to an activating group) is 2. The van der Waals surface area contributed by atoms with Crippen LogP contribution in [0.15, 0.2) is 28.7 Å². The summed E-state index contributed by atoms with van der Waals surface area (Å²) in [4.78, 5) is 16.2. The maximum atomic E-state index is 12.5. The van der Waals surface area contributed by atoms with E-state index in [1.807, 2.05) is 43.1 Å². The Kier molecular flexibility index (Phi) is 6.22. The fourth-order valence-corrected chi connectivity index (χ4v) is 5.10. The van der Waals surface area contributed by atoms with E-state index in [1.54, 1.807) is 4.90 Å². The third-order valence-corrected chi connectivity index (χ3v) is 6.64. The van der Waals surface area contributed by atoms with Crippen LogP contribution in [0.5, 0.6) is 0 Å². The molecule has 1 saturated heterocycles. The van der Waals surface area contributed by atoms with Crippen molar-refractivity contribution in [2.75, 3.05) is 31.6 Å². The summed E-state index contributed by atoms with van der Waals surface area (Å²) < 4.78 is 24.3. The van der Waals surface area contributed by atoms with E-state index in [9.17, 15) is 13.2 Å². The van der Waals surface area contributed by atoms with E-state index in [4.69, 9.17) is 0 Å². The van der Waals surface area contributed by atoms with Crippen molar-refractivity contribution in [3.05, 3.63) is 34.3 Å². The van der Waals surface area contributed by atoms with Crippen molar-refractivity contribution in [1.29, 1.82) is 0 Å². The van der Waals surface area contributed by atoms with Gasteiger partial charge in [-0.05, 0) is 32.0 Å². The molecule has 0 radical (unpaired) electrons. The topological polar surface area (TPSA) is 57.7 Å². The van der Waals surface area contributed by atoms with Gasteiger partial charge in [0.05, 0.1) is 18.1 Å². The number of halogens is 1. The van der Waals surface area contributed by atoms with E-state index in [0.29, 0.717) is 19.5 Å². The highest BCUT2D eigenvalue weighted by atomic mass is 79.9. The molecule has 1 amide bonds. The predicted octanol–water partition coefficient (Wildman–Crippen LogP) is 1.92. The molecule has 0 bridgehead atoms. The smallest absolute Gasteiger partial charge is 0.237 e. The Morgan fingerprint density at radius 1 is 1.35 bits per heavy atom. The quantitative estimate of drug-likeness (QED) is 0.728. The average Bonchev–Trinajstić information content (AvgIpc) is 2.82. The number of benzene rings is 1. The number of rotatable bonds is 6. The van der Waals surface area contributed by atoms with Crippen LogP contribution in [0.1, 0.15) is 18.9 Å². The summed E-state index contributed by atoms with van der Waals surface area (Å²) in [5.74, 6) is 0.276. The molecule has 1 atom stereocenters. The first kappa shape index (κ1) is 18.4. The van der Waals surface area contributed by atoms with Gasteiger partial charge in [-0.2, -0.15) is 0 Å². The number of sulfone groups is 1. The van der Waals surface area contributed by atoms with Crippen molar-refractivity contribution in [3.63, 3.8) is 0 Å². The summed E-state index contributed by atoms with van der Waals surface area (Å²) in [6, 6.07) is 7.75. The fraction of sp³-hybridized carbons (Fsp3) is 0.562. The molecule has 1 fully saturated rings. The minimum atomic E-state index is -2.98. The molecule has 0 aromatic heterocycles. The van der Waals surface area contributed by atoms with Crippen molar-refractivity contribution < 1.29 is 13.2 Å². The molecule has 1 aliphatic heterocycles. The Hall–Kier alpha value is -0.920.